The number of nitrogens with one attached hydrogen (secondary N) is 2. The molecule has 0 saturated carbocycles. The highest BCUT2D eigenvalue weighted by molar-refractivity contribution is 7.12. The summed E-state index contributed by atoms with van der Waals surface area (Å²) in [5.74, 6) is 0.243. The van der Waals surface area contributed by atoms with Crippen LogP contribution in [-0.2, 0) is 11.3 Å². The Morgan fingerprint density at radius 1 is 1.33 bits per heavy atom. The number of aromatic amines is 1. The van der Waals surface area contributed by atoms with Gasteiger partial charge in [0.25, 0.3) is 5.91 Å². The summed E-state index contributed by atoms with van der Waals surface area (Å²) in [7, 11) is 0. The third-order valence-electron chi connectivity index (χ3n) is 5.36. The van der Waals surface area contributed by atoms with Crippen LogP contribution in [0.5, 0.6) is 0 Å². The first-order valence-electron chi connectivity index (χ1n) is 9.62. The van der Waals surface area contributed by atoms with Crippen LogP contribution in [-0.4, -0.2) is 34.6 Å². The molecule has 0 spiro atoms. The van der Waals surface area contributed by atoms with Crippen LogP contribution in [0, 0.1) is 6.92 Å². The third kappa shape index (κ3) is 3.51. The second-order valence-electron chi connectivity index (χ2n) is 7.63. The molecule has 0 atom stereocenters. The number of H-pyrrole nitrogens is 1. The summed E-state index contributed by atoms with van der Waals surface area (Å²) in [5, 5.41) is 6.27. The SMILES string of the molecule is Cc1[nH]c(/C=C2/C(=O)NN=C2c2cccs2)c(C(C)C)c1CN1CCCC1. The molecule has 2 aliphatic heterocycles. The number of hydrogen-bond donors (Lipinski definition) is 2. The lowest BCUT2D eigenvalue weighted by atomic mass is 9.95. The lowest BCUT2D eigenvalue weighted by molar-refractivity contribution is -0.116. The molecule has 2 aromatic rings. The van der Waals surface area contributed by atoms with Crippen molar-refractivity contribution in [1.82, 2.24) is 15.3 Å². The monoisotopic (exact) mass is 382 g/mol. The van der Waals surface area contributed by atoms with Crippen molar-refractivity contribution < 1.29 is 4.79 Å². The average molecular weight is 383 g/mol. The summed E-state index contributed by atoms with van der Waals surface area (Å²) in [4.78, 5) is 19.5. The molecule has 5 nitrogen and oxygen atoms in total. The number of amides is 1. The highest BCUT2D eigenvalue weighted by Crippen LogP contribution is 2.31. The van der Waals surface area contributed by atoms with Crippen molar-refractivity contribution in [2.45, 2.75) is 46.1 Å². The van der Waals surface area contributed by atoms with Crippen LogP contribution in [0.1, 0.15) is 60.0 Å². The largest absolute Gasteiger partial charge is 0.359 e. The summed E-state index contributed by atoms with van der Waals surface area (Å²) >= 11 is 1.60. The van der Waals surface area contributed by atoms with Crippen LogP contribution in [0.25, 0.3) is 6.08 Å². The number of thiophene rings is 1. The van der Waals surface area contributed by atoms with E-state index in [0.717, 1.165) is 22.8 Å². The number of nitrogens with zero attached hydrogens (tertiary/aromatic N) is 2. The fraction of sp³-hybridized carbons (Fsp3) is 0.429. The quantitative estimate of drug-likeness (QED) is 0.767. The highest BCUT2D eigenvalue weighted by Gasteiger charge is 2.27. The number of aromatic nitrogens is 1. The molecule has 0 aliphatic carbocycles. The second-order valence-corrected chi connectivity index (χ2v) is 8.58. The molecule has 2 aliphatic rings. The number of carbonyl (C=O) groups excluding carboxylic acids is 1. The summed E-state index contributed by atoms with van der Waals surface area (Å²) in [6.45, 7) is 9.92. The summed E-state index contributed by atoms with van der Waals surface area (Å²) in [6.07, 6.45) is 4.56. The molecule has 2 aromatic heterocycles. The van der Waals surface area contributed by atoms with E-state index in [0.29, 0.717) is 11.5 Å². The van der Waals surface area contributed by atoms with Gasteiger partial charge < -0.3 is 4.98 Å². The van der Waals surface area contributed by atoms with E-state index in [1.165, 1.54) is 42.8 Å². The maximum atomic E-state index is 12.4. The minimum atomic E-state index is -0.138. The molecule has 0 bridgehead atoms. The van der Waals surface area contributed by atoms with Gasteiger partial charge in [0.2, 0.25) is 0 Å². The van der Waals surface area contributed by atoms with E-state index in [-0.39, 0.29) is 5.91 Å². The van der Waals surface area contributed by atoms with Gasteiger partial charge in [0, 0.05) is 17.9 Å². The summed E-state index contributed by atoms with van der Waals surface area (Å²) in [6, 6.07) is 3.98. The van der Waals surface area contributed by atoms with Gasteiger partial charge in [-0.3, -0.25) is 9.69 Å². The van der Waals surface area contributed by atoms with Crippen molar-refractivity contribution in [2.24, 2.45) is 5.10 Å². The molecule has 1 saturated heterocycles. The minimum absolute atomic E-state index is 0.138. The number of carbonyl (C=O) groups is 1. The van der Waals surface area contributed by atoms with Crippen LogP contribution >= 0.6 is 11.3 Å². The van der Waals surface area contributed by atoms with Gasteiger partial charge in [0.05, 0.1) is 10.5 Å². The zero-order valence-electron chi connectivity index (χ0n) is 16.1. The van der Waals surface area contributed by atoms with E-state index in [2.05, 4.69) is 41.2 Å². The lowest BCUT2D eigenvalue weighted by Crippen LogP contribution is -2.19. The van der Waals surface area contributed by atoms with Crippen molar-refractivity contribution >= 4 is 29.0 Å². The van der Waals surface area contributed by atoms with Crippen molar-refractivity contribution in [3.05, 3.63) is 50.5 Å². The normalized spacial score (nSPS) is 19.3. The number of hydrogen-bond acceptors (Lipinski definition) is 4. The molecule has 0 aromatic carbocycles. The second kappa shape index (κ2) is 7.44. The van der Waals surface area contributed by atoms with Gasteiger partial charge >= 0.3 is 0 Å². The molecule has 0 unspecified atom stereocenters. The first-order chi connectivity index (χ1) is 13.0. The molecule has 0 radical (unpaired) electrons. The average Bonchev–Trinajstić information content (AvgIpc) is 3.39. The Hall–Kier alpha value is -2.18. The number of aryl methyl sites for hydroxylation is 1. The number of hydrazone groups is 1. The van der Waals surface area contributed by atoms with Gasteiger partial charge in [0.1, 0.15) is 5.71 Å². The Kier molecular flexibility index (Phi) is 5.02. The summed E-state index contributed by atoms with van der Waals surface area (Å²) < 4.78 is 0. The zero-order valence-corrected chi connectivity index (χ0v) is 16.9. The number of likely N-dealkylation sites (tertiary alicyclic amines) is 1. The van der Waals surface area contributed by atoms with Crippen molar-refractivity contribution in [1.29, 1.82) is 0 Å². The first kappa shape index (κ1) is 18.2. The predicted octanol–water partition coefficient (Wildman–Crippen LogP) is 4.02. The molecular formula is C21H26N4OS. The van der Waals surface area contributed by atoms with Crippen LogP contribution in [0.3, 0.4) is 0 Å². The van der Waals surface area contributed by atoms with E-state index < -0.39 is 0 Å². The predicted molar refractivity (Wildman–Crippen MR) is 111 cm³/mol. The molecule has 1 amide bonds. The maximum Gasteiger partial charge on any atom is 0.273 e. The van der Waals surface area contributed by atoms with Crippen molar-refractivity contribution in [3.63, 3.8) is 0 Å². The number of rotatable bonds is 5. The fourth-order valence-electron chi connectivity index (χ4n) is 4.06. The Balaban J connectivity index is 1.73. The van der Waals surface area contributed by atoms with Crippen molar-refractivity contribution in [3.8, 4) is 0 Å². The van der Waals surface area contributed by atoms with Gasteiger partial charge in [-0.2, -0.15) is 5.10 Å². The molecule has 1 fully saturated rings. The van der Waals surface area contributed by atoms with E-state index in [9.17, 15) is 4.79 Å². The minimum Gasteiger partial charge on any atom is -0.359 e. The van der Waals surface area contributed by atoms with Crippen LogP contribution < -0.4 is 5.43 Å². The van der Waals surface area contributed by atoms with Crippen LogP contribution in [0.15, 0.2) is 28.2 Å². The first-order valence-corrected chi connectivity index (χ1v) is 10.5. The molecular weight excluding hydrogens is 356 g/mol. The van der Waals surface area contributed by atoms with Gasteiger partial charge in [-0.05, 0) is 67.4 Å². The Morgan fingerprint density at radius 2 is 2.11 bits per heavy atom. The Morgan fingerprint density at radius 3 is 2.78 bits per heavy atom. The highest BCUT2D eigenvalue weighted by atomic mass is 32.1. The standard InChI is InChI=1S/C21H26N4OS/c1-13(2)19-16(12-25-8-4-5-9-25)14(3)22-17(19)11-15-20(23-24-21(15)26)18-7-6-10-27-18/h6-7,10-11,13,22H,4-5,8-9,12H2,1-3H3,(H,24,26)/b15-11+. The maximum absolute atomic E-state index is 12.4. The Labute approximate surface area is 164 Å². The smallest absolute Gasteiger partial charge is 0.273 e. The Bertz CT molecular complexity index is 899. The van der Waals surface area contributed by atoms with Crippen molar-refractivity contribution in [2.75, 3.05) is 13.1 Å². The zero-order chi connectivity index (χ0) is 19.0. The summed E-state index contributed by atoms with van der Waals surface area (Å²) in [5.41, 5.74) is 8.92. The lowest BCUT2D eigenvalue weighted by Gasteiger charge is -2.17. The van der Waals surface area contributed by atoms with Crippen LogP contribution in [0.2, 0.25) is 0 Å². The van der Waals surface area contributed by atoms with Gasteiger partial charge in [-0.1, -0.05) is 19.9 Å². The molecule has 142 valence electrons. The van der Waals surface area contributed by atoms with E-state index >= 15 is 0 Å². The van der Waals surface area contributed by atoms with Gasteiger partial charge in [-0.25, -0.2) is 5.43 Å². The van der Waals surface area contributed by atoms with E-state index in [4.69, 9.17) is 0 Å². The molecule has 6 heteroatoms. The van der Waals surface area contributed by atoms with Gasteiger partial charge in [-0.15, -0.1) is 11.3 Å². The molecule has 2 N–H and O–H groups in total. The molecule has 27 heavy (non-hydrogen) atoms. The van der Waals surface area contributed by atoms with Crippen LogP contribution in [0.4, 0.5) is 0 Å². The topological polar surface area (TPSA) is 60.5 Å². The van der Waals surface area contributed by atoms with E-state index in [1.54, 1.807) is 11.3 Å². The fourth-order valence-corrected chi connectivity index (χ4v) is 4.79. The third-order valence-corrected chi connectivity index (χ3v) is 6.24. The van der Waals surface area contributed by atoms with Gasteiger partial charge in [0.15, 0.2) is 0 Å². The molecule has 4 heterocycles. The molecule has 4 rings (SSSR count). The van der Waals surface area contributed by atoms with E-state index in [1.807, 2.05) is 23.6 Å².